The van der Waals surface area contributed by atoms with Crippen molar-refractivity contribution >= 4 is 38.3 Å². The lowest BCUT2D eigenvalue weighted by atomic mass is 10.1. The van der Waals surface area contributed by atoms with E-state index in [2.05, 4.69) is 16.3 Å². The molecule has 0 aliphatic carbocycles. The topological polar surface area (TPSA) is 87.1 Å². The van der Waals surface area contributed by atoms with Gasteiger partial charge in [0.1, 0.15) is 23.0 Å². The quantitative estimate of drug-likeness (QED) is 0.519. The number of carbonyl (C=O) groups is 1. The summed E-state index contributed by atoms with van der Waals surface area (Å²) in [5, 5.41) is 13.6. The third-order valence-electron chi connectivity index (χ3n) is 5.26. The highest BCUT2D eigenvalue weighted by molar-refractivity contribution is 7.22. The van der Waals surface area contributed by atoms with E-state index in [-0.39, 0.29) is 17.0 Å². The van der Waals surface area contributed by atoms with Crippen LogP contribution >= 0.6 is 11.3 Å². The number of aryl methyl sites for hydroxylation is 1. The average Bonchev–Trinajstić information content (AvgIpc) is 3.52. The Morgan fingerprint density at radius 3 is 2.77 bits per heavy atom. The minimum Gasteiger partial charge on any atom is -0.443 e. The highest BCUT2D eigenvalue weighted by atomic mass is 32.1. The van der Waals surface area contributed by atoms with Gasteiger partial charge in [0.15, 0.2) is 5.13 Å². The van der Waals surface area contributed by atoms with Crippen molar-refractivity contribution in [1.82, 2.24) is 9.55 Å². The van der Waals surface area contributed by atoms with Crippen molar-refractivity contribution in [1.29, 1.82) is 5.26 Å². The van der Waals surface area contributed by atoms with Crippen molar-refractivity contribution in [2.45, 2.75) is 19.8 Å². The van der Waals surface area contributed by atoms with Gasteiger partial charge in [-0.25, -0.2) is 4.98 Å². The highest BCUT2D eigenvalue weighted by Gasteiger charge is 2.25. The van der Waals surface area contributed by atoms with E-state index in [4.69, 9.17) is 9.40 Å². The Morgan fingerprint density at radius 2 is 2.03 bits per heavy atom. The van der Waals surface area contributed by atoms with Gasteiger partial charge in [-0.15, -0.1) is 0 Å². The zero-order chi connectivity index (χ0) is 20.7. The lowest BCUT2D eigenvalue weighted by molar-refractivity contribution is 0.102. The zero-order valence-electron chi connectivity index (χ0n) is 16.4. The van der Waals surface area contributed by atoms with Crippen LogP contribution in [0.4, 0.5) is 10.8 Å². The minimum absolute atomic E-state index is 0.219. The molecular formula is C22H19N5O2S. The molecule has 3 aromatic heterocycles. The van der Waals surface area contributed by atoms with Crippen molar-refractivity contribution in [3.8, 4) is 12.0 Å². The molecule has 0 radical (unpaired) electrons. The second kappa shape index (κ2) is 7.35. The van der Waals surface area contributed by atoms with Crippen LogP contribution in [-0.2, 0) is 0 Å². The van der Waals surface area contributed by atoms with E-state index in [1.165, 1.54) is 12.8 Å². The molecule has 1 aliphatic heterocycles. The molecule has 0 spiro atoms. The third-order valence-corrected chi connectivity index (χ3v) is 6.33. The number of furan rings is 1. The van der Waals surface area contributed by atoms with Gasteiger partial charge in [0.2, 0.25) is 5.88 Å². The SMILES string of the molecule is Cc1oc(-n2cccc2)c(C#N)c1C(=O)Nc1ccc2nc(N3CCCC3)sc2c1. The Labute approximate surface area is 177 Å². The molecule has 1 aliphatic rings. The molecule has 1 N–H and O–H groups in total. The van der Waals surface area contributed by atoms with E-state index < -0.39 is 0 Å². The van der Waals surface area contributed by atoms with E-state index >= 15 is 0 Å². The largest absolute Gasteiger partial charge is 0.443 e. The summed E-state index contributed by atoms with van der Waals surface area (Å²) in [7, 11) is 0. The van der Waals surface area contributed by atoms with Gasteiger partial charge in [0, 0.05) is 31.2 Å². The summed E-state index contributed by atoms with van der Waals surface area (Å²) < 4.78 is 8.44. The number of fused-ring (bicyclic) bond motifs is 1. The van der Waals surface area contributed by atoms with Crippen LogP contribution < -0.4 is 10.2 Å². The molecule has 7 nitrogen and oxygen atoms in total. The predicted octanol–water partition coefficient (Wildman–Crippen LogP) is 4.71. The summed E-state index contributed by atoms with van der Waals surface area (Å²) in [6, 6.07) is 11.5. The zero-order valence-corrected chi connectivity index (χ0v) is 17.2. The molecule has 150 valence electrons. The number of hydrogen-bond donors (Lipinski definition) is 1. The van der Waals surface area contributed by atoms with Gasteiger partial charge in [-0.2, -0.15) is 5.26 Å². The van der Waals surface area contributed by atoms with Gasteiger partial charge in [-0.3, -0.25) is 9.36 Å². The van der Waals surface area contributed by atoms with Crippen LogP contribution in [0.25, 0.3) is 16.1 Å². The Kier molecular flexibility index (Phi) is 4.52. The Bertz CT molecular complexity index is 1270. The Balaban J connectivity index is 1.44. The summed E-state index contributed by atoms with van der Waals surface area (Å²) in [4.78, 5) is 20.0. The van der Waals surface area contributed by atoms with Crippen LogP contribution in [0.2, 0.25) is 0 Å². The van der Waals surface area contributed by atoms with Crippen molar-refractivity contribution in [3.63, 3.8) is 0 Å². The van der Waals surface area contributed by atoms with Crippen molar-refractivity contribution < 1.29 is 9.21 Å². The maximum atomic E-state index is 13.0. The van der Waals surface area contributed by atoms with Crippen LogP contribution in [0.1, 0.15) is 34.5 Å². The summed E-state index contributed by atoms with van der Waals surface area (Å²) in [6.07, 6.45) is 5.95. The molecule has 1 fully saturated rings. The van der Waals surface area contributed by atoms with E-state index in [0.717, 1.165) is 28.4 Å². The molecule has 1 aromatic carbocycles. The first-order valence-corrected chi connectivity index (χ1v) is 10.6. The summed E-state index contributed by atoms with van der Waals surface area (Å²) in [5.41, 5.74) is 2.06. The maximum absolute atomic E-state index is 13.0. The van der Waals surface area contributed by atoms with Gasteiger partial charge in [-0.1, -0.05) is 11.3 Å². The first-order valence-electron chi connectivity index (χ1n) is 9.78. The number of nitrogens with zero attached hydrogens (tertiary/aromatic N) is 4. The third kappa shape index (κ3) is 3.13. The van der Waals surface area contributed by atoms with Gasteiger partial charge >= 0.3 is 0 Å². The number of hydrogen-bond acceptors (Lipinski definition) is 6. The molecule has 0 atom stereocenters. The number of nitrogens with one attached hydrogen (secondary N) is 1. The van der Waals surface area contributed by atoms with E-state index in [1.807, 2.05) is 30.3 Å². The Morgan fingerprint density at radius 1 is 1.27 bits per heavy atom. The maximum Gasteiger partial charge on any atom is 0.260 e. The molecule has 0 saturated carbocycles. The first-order chi connectivity index (χ1) is 14.6. The van der Waals surface area contributed by atoms with Gasteiger partial charge in [0.25, 0.3) is 5.91 Å². The van der Waals surface area contributed by atoms with Crippen LogP contribution in [0.3, 0.4) is 0 Å². The fourth-order valence-electron chi connectivity index (χ4n) is 3.79. The average molecular weight is 417 g/mol. The summed E-state index contributed by atoms with van der Waals surface area (Å²) >= 11 is 1.63. The number of aromatic nitrogens is 2. The van der Waals surface area contributed by atoms with Gasteiger partial charge in [0.05, 0.1) is 10.2 Å². The molecule has 0 unspecified atom stereocenters. The normalized spacial score (nSPS) is 13.7. The summed E-state index contributed by atoms with van der Waals surface area (Å²) in [5.74, 6) is 0.385. The molecular weight excluding hydrogens is 398 g/mol. The minimum atomic E-state index is -0.366. The second-order valence-electron chi connectivity index (χ2n) is 7.24. The van der Waals surface area contributed by atoms with Gasteiger partial charge < -0.3 is 14.6 Å². The van der Waals surface area contributed by atoms with Crippen molar-refractivity contribution in [2.24, 2.45) is 0 Å². The molecule has 4 heterocycles. The molecule has 5 rings (SSSR count). The van der Waals surface area contributed by atoms with E-state index in [1.54, 1.807) is 35.2 Å². The highest BCUT2D eigenvalue weighted by Crippen LogP contribution is 2.33. The number of carbonyl (C=O) groups excluding carboxylic acids is 1. The van der Waals surface area contributed by atoms with Crippen LogP contribution in [0.15, 0.2) is 47.1 Å². The molecule has 1 amide bonds. The van der Waals surface area contributed by atoms with E-state index in [0.29, 0.717) is 17.3 Å². The lowest BCUT2D eigenvalue weighted by Crippen LogP contribution is -2.16. The lowest BCUT2D eigenvalue weighted by Gasteiger charge is -2.11. The number of benzene rings is 1. The second-order valence-corrected chi connectivity index (χ2v) is 8.25. The smallest absolute Gasteiger partial charge is 0.260 e. The standard InChI is InChI=1S/C22H19N5O2S/c1-14-19(16(13-23)21(29-14)26-8-2-3-9-26)20(28)24-15-6-7-17-18(12-15)30-22(25-17)27-10-4-5-11-27/h2-3,6-9,12H,4-5,10-11H2,1H3,(H,24,28). The number of amides is 1. The van der Waals surface area contributed by atoms with Crippen LogP contribution in [0.5, 0.6) is 0 Å². The first kappa shape index (κ1) is 18.5. The number of anilines is 2. The number of rotatable bonds is 4. The predicted molar refractivity (Wildman–Crippen MR) is 117 cm³/mol. The monoisotopic (exact) mass is 417 g/mol. The molecule has 8 heteroatoms. The molecule has 1 saturated heterocycles. The summed E-state index contributed by atoms with van der Waals surface area (Å²) in [6.45, 7) is 3.78. The molecule has 30 heavy (non-hydrogen) atoms. The van der Waals surface area contributed by atoms with Crippen molar-refractivity contribution in [3.05, 3.63) is 59.6 Å². The van der Waals surface area contributed by atoms with Crippen LogP contribution in [0, 0.1) is 18.3 Å². The van der Waals surface area contributed by atoms with E-state index in [9.17, 15) is 10.1 Å². The molecule has 0 bridgehead atoms. The van der Waals surface area contributed by atoms with Gasteiger partial charge in [-0.05, 0) is 50.1 Å². The number of nitriles is 1. The van der Waals surface area contributed by atoms with Crippen LogP contribution in [-0.4, -0.2) is 28.5 Å². The van der Waals surface area contributed by atoms with Crippen molar-refractivity contribution in [2.75, 3.05) is 23.3 Å². The number of thiazole rings is 1. The fourth-order valence-corrected chi connectivity index (χ4v) is 4.84. The molecule has 4 aromatic rings. The Hall–Kier alpha value is -3.57. The fraction of sp³-hybridized carbons (Fsp3) is 0.227.